The van der Waals surface area contributed by atoms with Crippen LogP contribution in [0.15, 0.2) is 54.6 Å². The molecule has 2 aromatic carbocycles. The molecule has 2 nitrogen and oxygen atoms in total. The molecular weight excluding hydrogens is 208 g/mol. The molecule has 0 spiro atoms. The lowest BCUT2D eigenvalue weighted by Gasteiger charge is -1.97. The summed E-state index contributed by atoms with van der Waals surface area (Å²) in [5, 5.41) is 7.36. The smallest absolute Gasteiger partial charge is 0.122 e. The van der Waals surface area contributed by atoms with E-state index in [2.05, 4.69) is 11.8 Å². The van der Waals surface area contributed by atoms with E-state index in [9.17, 15) is 0 Å². The normalized spacial score (nSPS) is 9.18. The molecule has 0 unspecified atom stereocenters. The minimum Gasteiger partial charge on any atom is -0.384 e. The van der Waals surface area contributed by atoms with Gasteiger partial charge in [-0.2, -0.15) is 0 Å². The molecule has 17 heavy (non-hydrogen) atoms. The quantitative estimate of drug-likeness (QED) is 0.432. The molecular formula is C15H12N2. The SMILES string of the molecule is N=C(N)c1cccc(C#Cc2ccccc2)c1. The van der Waals surface area contributed by atoms with E-state index in [0.29, 0.717) is 5.56 Å². The van der Waals surface area contributed by atoms with E-state index >= 15 is 0 Å². The van der Waals surface area contributed by atoms with Crippen LogP contribution in [-0.2, 0) is 0 Å². The molecule has 3 N–H and O–H groups in total. The van der Waals surface area contributed by atoms with Crippen LogP contribution in [0.25, 0.3) is 0 Å². The summed E-state index contributed by atoms with van der Waals surface area (Å²) in [5.41, 5.74) is 7.96. The lowest BCUT2D eigenvalue weighted by atomic mass is 10.1. The van der Waals surface area contributed by atoms with Crippen LogP contribution in [-0.4, -0.2) is 5.84 Å². The first-order valence-corrected chi connectivity index (χ1v) is 5.27. The molecule has 2 aromatic rings. The maximum absolute atomic E-state index is 7.36. The minimum absolute atomic E-state index is 0.0633. The van der Waals surface area contributed by atoms with Crippen molar-refractivity contribution in [2.45, 2.75) is 0 Å². The van der Waals surface area contributed by atoms with Crippen molar-refractivity contribution in [3.63, 3.8) is 0 Å². The zero-order valence-corrected chi connectivity index (χ0v) is 9.27. The van der Waals surface area contributed by atoms with Gasteiger partial charge < -0.3 is 5.73 Å². The van der Waals surface area contributed by atoms with E-state index in [1.165, 1.54) is 0 Å². The molecule has 0 saturated heterocycles. The molecule has 0 aromatic heterocycles. The monoisotopic (exact) mass is 220 g/mol. The van der Waals surface area contributed by atoms with Gasteiger partial charge in [-0.05, 0) is 24.3 Å². The van der Waals surface area contributed by atoms with E-state index < -0.39 is 0 Å². The molecule has 0 aliphatic carbocycles. The van der Waals surface area contributed by atoms with Crippen molar-refractivity contribution >= 4 is 5.84 Å². The van der Waals surface area contributed by atoms with Gasteiger partial charge in [0, 0.05) is 16.7 Å². The van der Waals surface area contributed by atoms with Crippen LogP contribution < -0.4 is 5.73 Å². The van der Waals surface area contributed by atoms with Gasteiger partial charge in [0.2, 0.25) is 0 Å². The summed E-state index contributed by atoms with van der Waals surface area (Å²) in [6.07, 6.45) is 0. The van der Waals surface area contributed by atoms with E-state index in [1.54, 1.807) is 6.07 Å². The first-order valence-electron chi connectivity index (χ1n) is 5.27. The number of benzene rings is 2. The average molecular weight is 220 g/mol. The highest BCUT2D eigenvalue weighted by Crippen LogP contribution is 2.04. The number of hydrogen-bond donors (Lipinski definition) is 2. The van der Waals surface area contributed by atoms with Gasteiger partial charge in [0.25, 0.3) is 0 Å². The molecule has 0 saturated carbocycles. The molecule has 0 radical (unpaired) electrons. The summed E-state index contributed by atoms with van der Waals surface area (Å²) in [5.74, 6) is 6.18. The lowest BCUT2D eigenvalue weighted by Crippen LogP contribution is -2.10. The molecule has 0 aliphatic rings. The highest BCUT2D eigenvalue weighted by atomic mass is 14.7. The predicted octanol–water partition coefficient (Wildman–Crippen LogP) is 2.37. The Balaban J connectivity index is 2.28. The Kier molecular flexibility index (Phi) is 3.23. The summed E-state index contributed by atoms with van der Waals surface area (Å²) in [4.78, 5) is 0. The highest BCUT2D eigenvalue weighted by Gasteiger charge is 1.95. The van der Waals surface area contributed by atoms with Gasteiger partial charge in [0.1, 0.15) is 5.84 Å². The van der Waals surface area contributed by atoms with Crippen molar-refractivity contribution < 1.29 is 0 Å². The van der Waals surface area contributed by atoms with Crippen LogP contribution >= 0.6 is 0 Å². The fourth-order valence-corrected chi connectivity index (χ4v) is 1.43. The Morgan fingerprint density at radius 3 is 2.24 bits per heavy atom. The summed E-state index contributed by atoms with van der Waals surface area (Å²) in [6.45, 7) is 0. The first-order chi connectivity index (χ1) is 8.25. The largest absolute Gasteiger partial charge is 0.384 e. The van der Waals surface area contributed by atoms with E-state index in [4.69, 9.17) is 11.1 Å². The van der Waals surface area contributed by atoms with Crippen LogP contribution in [0.2, 0.25) is 0 Å². The predicted molar refractivity (Wildman–Crippen MR) is 69.9 cm³/mol. The number of nitrogen functional groups attached to an aromatic ring is 1. The fraction of sp³-hybridized carbons (Fsp3) is 0. The van der Waals surface area contributed by atoms with Gasteiger partial charge in [-0.3, -0.25) is 5.41 Å². The van der Waals surface area contributed by atoms with Crippen molar-refractivity contribution in [1.82, 2.24) is 0 Å². The third-order valence-electron chi connectivity index (χ3n) is 2.30. The van der Waals surface area contributed by atoms with Gasteiger partial charge in [-0.1, -0.05) is 42.2 Å². The number of nitrogens with one attached hydrogen (secondary N) is 1. The van der Waals surface area contributed by atoms with Gasteiger partial charge in [0.15, 0.2) is 0 Å². The third kappa shape index (κ3) is 2.96. The topological polar surface area (TPSA) is 49.9 Å². The van der Waals surface area contributed by atoms with Crippen molar-refractivity contribution in [2.75, 3.05) is 0 Å². The van der Waals surface area contributed by atoms with Crippen molar-refractivity contribution in [1.29, 1.82) is 5.41 Å². The molecule has 0 atom stereocenters. The van der Waals surface area contributed by atoms with Gasteiger partial charge in [-0.15, -0.1) is 0 Å². The van der Waals surface area contributed by atoms with Crippen molar-refractivity contribution in [3.05, 3.63) is 71.3 Å². The molecule has 2 heteroatoms. The van der Waals surface area contributed by atoms with Crippen LogP contribution in [0.5, 0.6) is 0 Å². The lowest BCUT2D eigenvalue weighted by molar-refractivity contribution is 1.42. The second-order valence-corrected chi connectivity index (χ2v) is 3.61. The zero-order valence-electron chi connectivity index (χ0n) is 9.27. The minimum atomic E-state index is 0.0633. The first kappa shape index (κ1) is 11.0. The Bertz CT molecular complexity index is 589. The molecule has 0 heterocycles. The summed E-state index contributed by atoms with van der Waals surface area (Å²) < 4.78 is 0. The molecule has 0 aliphatic heterocycles. The van der Waals surface area contributed by atoms with E-state index in [0.717, 1.165) is 11.1 Å². The third-order valence-corrected chi connectivity index (χ3v) is 2.30. The second-order valence-electron chi connectivity index (χ2n) is 3.61. The van der Waals surface area contributed by atoms with Crippen molar-refractivity contribution in [3.8, 4) is 11.8 Å². The van der Waals surface area contributed by atoms with Gasteiger partial charge in [-0.25, -0.2) is 0 Å². The molecule has 0 amide bonds. The molecule has 82 valence electrons. The van der Waals surface area contributed by atoms with E-state index in [1.807, 2.05) is 48.5 Å². The van der Waals surface area contributed by atoms with Crippen LogP contribution in [0.3, 0.4) is 0 Å². The summed E-state index contributed by atoms with van der Waals surface area (Å²) in [7, 11) is 0. The maximum Gasteiger partial charge on any atom is 0.122 e. The molecule has 2 rings (SSSR count). The number of hydrogen-bond acceptors (Lipinski definition) is 1. The van der Waals surface area contributed by atoms with Crippen LogP contribution in [0.1, 0.15) is 16.7 Å². The highest BCUT2D eigenvalue weighted by molar-refractivity contribution is 5.95. The maximum atomic E-state index is 7.36. The zero-order chi connectivity index (χ0) is 12.1. The van der Waals surface area contributed by atoms with Gasteiger partial charge >= 0.3 is 0 Å². The Morgan fingerprint density at radius 2 is 1.53 bits per heavy atom. The fourth-order valence-electron chi connectivity index (χ4n) is 1.43. The second kappa shape index (κ2) is 5.00. The number of amidine groups is 1. The number of rotatable bonds is 1. The van der Waals surface area contributed by atoms with E-state index in [-0.39, 0.29) is 5.84 Å². The molecule has 0 bridgehead atoms. The standard InChI is InChI=1S/C15H12N2/c16-15(17)14-8-4-7-13(11-14)10-9-12-5-2-1-3-6-12/h1-8,11H,(H3,16,17). The molecule has 0 fully saturated rings. The Labute approximate surface area is 101 Å². The number of nitrogens with two attached hydrogens (primary N) is 1. The summed E-state index contributed by atoms with van der Waals surface area (Å²) in [6, 6.07) is 17.2. The van der Waals surface area contributed by atoms with Crippen LogP contribution in [0, 0.1) is 17.3 Å². The summed E-state index contributed by atoms with van der Waals surface area (Å²) >= 11 is 0. The Morgan fingerprint density at radius 1 is 0.882 bits per heavy atom. The van der Waals surface area contributed by atoms with Crippen molar-refractivity contribution in [2.24, 2.45) is 5.73 Å². The van der Waals surface area contributed by atoms with Gasteiger partial charge in [0.05, 0.1) is 0 Å². The average Bonchev–Trinajstić information content (AvgIpc) is 2.38. The van der Waals surface area contributed by atoms with Crippen LogP contribution in [0.4, 0.5) is 0 Å². The Hall–Kier alpha value is -2.53.